The van der Waals surface area contributed by atoms with E-state index in [9.17, 15) is 4.57 Å². The number of ether oxygens (including phenoxy) is 1. The van der Waals surface area contributed by atoms with E-state index in [0.717, 1.165) is 11.1 Å². The molecule has 0 bridgehead atoms. The summed E-state index contributed by atoms with van der Waals surface area (Å²) in [5.41, 5.74) is 1.76. The van der Waals surface area contributed by atoms with Crippen molar-refractivity contribution in [3.05, 3.63) is 71.8 Å². The van der Waals surface area contributed by atoms with Crippen LogP contribution in [0.25, 0.3) is 0 Å². The third kappa shape index (κ3) is 2.14. The van der Waals surface area contributed by atoms with E-state index in [1.807, 2.05) is 60.7 Å². The Labute approximate surface area is 102 Å². The average molecular weight is 244 g/mol. The van der Waals surface area contributed by atoms with E-state index in [1.165, 1.54) is 0 Å². The molecular weight excluding hydrogens is 231 g/mol. The fourth-order valence-corrected chi connectivity index (χ4v) is 2.46. The van der Waals surface area contributed by atoms with Gasteiger partial charge in [0.15, 0.2) is 5.34 Å². The van der Waals surface area contributed by atoms with Crippen LogP contribution in [0.4, 0.5) is 0 Å². The first-order chi connectivity index (χ1) is 8.33. The Morgan fingerprint density at radius 1 is 0.882 bits per heavy atom. The van der Waals surface area contributed by atoms with Gasteiger partial charge in [-0.15, -0.1) is 0 Å². The first-order valence-corrected chi connectivity index (χ1v) is 6.15. The van der Waals surface area contributed by atoms with E-state index in [1.54, 1.807) is 7.11 Å². The van der Waals surface area contributed by atoms with E-state index in [2.05, 4.69) is 0 Å². The molecule has 0 heterocycles. The van der Waals surface area contributed by atoms with Gasteiger partial charge in [0.25, 0.3) is 0 Å². The highest BCUT2D eigenvalue weighted by Gasteiger charge is 2.35. The number of hydrogen-bond acceptors (Lipinski definition) is 2. The molecule has 2 nitrogen and oxygen atoms in total. The summed E-state index contributed by atoms with van der Waals surface area (Å²) in [5.74, 6) is 0. The lowest BCUT2D eigenvalue weighted by Crippen LogP contribution is -2.22. The Bertz CT molecular complexity index is 443. The van der Waals surface area contributed by atoms with Crippen molar-refractivity contribution in [1.82, 2.24) is 0 Å². The number of benzene rings is 2. The molecule has 17 heavy (non-hydrogen) atoms. The Hall–Kier alpha value is -1.50. The third-order valence-electron chi connectivity index (χ3n) is 2.75. The lowest BCUT2D eigenvalue weighted by Gasteiger charge is -2.26. The molecule has 2 rings (SSSR count). The van der Waals surface area contributed by atoms with Crippen molar-refractivity contribution in [2.24, 2.45) is 0 Å². The molecule has 0 amide bonds. The van der Waals surface area contributed by atoms with Crippen LogP contribution >= 0.6 is 8.46 Å². The molecule has 0 radical (unpaired) electrons. The SMILES string of the molecule is COC(P=O)(c1ccccc1)c1ccccc1. The third-order valence-corrected chi connectivity index (χ3v) is 3.71. The zero-order valence-electron chi connectivity index (χ0n) is 9.54. The summed E-state index contributed by atoms with van der Waals surface area (Å²) in [6.07, 6.45) is 0. The smallest absolute Gasteiger partial charge is 0.201 e. The van der Waals surface area contributed by atoms with E-state index in [0.29, 0.717) is 0 Å². The van der Waals surface area contributed by atoms with Crippen molar-refractivity contribution in [2.45, 2.75) is 5.34 Å². The van der Waals surface area contributed by atoms with Crippen molar-refractivity contribution in [3.8, 4) is 0 Å². The topological polar surface area (TPSA) is 26.3 Å². The Morgan fingerprint density at radius 3 is 1.59 bits per heavy atom. The molecule has 0 N–H and O–H groups in total. The molecule has 0 spiro atoms. The van der Waals surface area contributed by atoms with Gasteiger partial charge in [-0.1, -0.05) is 60.7 Å². The van der Waals surface area contributed by atoms with E-state index >= 15 is 0 Å². The summed E-state index contributed by atoms with van der Waals surface area (Å²) >= 11 is 0. The van der Waals surface area contributed by atoms with E-state index in [-0.39, 0.29) is 8.46 Å². The zero-order valence-corrected chi connectivity index (χ0v) is 10.4. The van der Waals surface area contributed by atoms with Crippen molar-refractivity contribution < 1.29 is 9.30 Å². The summed E-state index contributed by atoms with van der Waals surface area (Å²) < 4.78 is 17.2. The summed E-state index contributed by atoms with van der Waals surface area (Å²) in [6, 6.07) is 19.2. The van der Waals surface area contributed by atoms with Crippen LogP contribution < -0.4 is 0 Å². The maximum absolute atomic E-state index is 11.6. The molecule has 2 aromatic rings. The maximum atomic E-state index is 11.6. The van der Waals surface area contributed by atoms with Gasteiger partial charge in [-0.3, -0.25) is 4.57 Å². The molecule has 0 atom stereocenters. The van der Waals surface area contributed by atoms with Gasteiger partial charge >= 0.3 is 0 Å². The largest absolute Gasteiger partial charge is 0.357 e. The van der Waals surface area contributed by atoms with Crippen LogP contribution in [-0.2, 0) is 14.6 Å². The molecule has 0 aromatic heterocycles. The fraction of sp³-hybridized carbons (Fsp3) is 0.143. The highest BCUT2D eigenvalue weighted by molar-refractivity contribution is 7.25. The molecule has 0 unspecified atom stereocenters. The minimum atomic E-state index is -0.914. The minimum absolute atomic E-state index is 0.0734. The van der Waals surface area contributed by atoms with Gasteiger partial charge in [-0.25, -0.2) is 0 Å². The second-order valence-electron chi connectivity index (χ2n) is 3.67. The Morgan fingerprint density at radius 2 is 1.29 bits per heavy atom. The fourth-order valence-electron chi connectivity index (χ4n) is 1.87. The molecule has 0 aliphatic carbocycles. The molecule has 0 aliphatic rings. The highest BCUT2D eigenvalue weighted by atomic mass is 31.1. The second-order valence-corrected chi connectivity index (χ2v) is 4.48. The summed E-state index contributed by atoms with van der Waals surface area (Å²) in [6.45, 7) is 0. The van der Waals surface area contributed by atoms with Crippen LogP contribution in [0.2, 0.25) is 0 Å². The van der Waals surface area contributed by atoms with Gasteiger partial charge in [-0.05, 0) is 0 Å². The lowest BCUT2D eigenvalue weighted by molar-refractivity contribution is 0.0984. The van der Waals surface area contributed by atoms with Gasteiger partial charge < -0.3 is 4.74 Å². The summed E-state index contributed by atoms with van der Waals surface area (Å²) in [7, 11) is 1.50. The molecule has 86 valence electrons. The molecule has 0 aliphatic heterocycles. The Balaban J connectivity index is 2.58. The van der Waals surface area contributed by atoms with Gasteiger partial charge in [-0.2, -0.15) is 0 Å². The number of rotatable bonds is 4. The van der Waals surface area contributed by atoms with Gasteiger partial charge in [0.2, 0.25) is 8.46 Å². The van der Waals surface area contributed by atoms with Crippen LogP contribution in [0, 0.1) is 0 Å². The quantitative estimate of drug-likeness (QED) is 0.764. The highest BCUT2D eigenvalue weighted by Crippen LogP contribution is 2.42. The second kappa shape index (κ2) is 5.22. The lowest BCUT2D eigenvalue weighted by atomic mass is 10.0. The zero-order chi connectivity index (χ0) is 12.1. The normalized spacial score (nSPS) is 11.6. The van der Waals surface area contributed by atoms with Crippen molar-refractivity contribution in [1.29, 1.82) is 0 Å². The predicted octanol–water partition coefficient (Wildman–Crippen LogP) is 3.83. The van der Waals surface area contributed by atoms with Crippen molar-refractivity contribution in [3.63, 3.8) is 0 Å². The van der Waals surface area contributed by atoms with E-state index < -0.39 is 5.34 Å². The number of hydrogen-bond donors (Lipinski definition) is 0. The summed E-state index contributed by atoms with van der Waals surface area (Å²) in [4.78, 5) is 0. The van der Waals surface area contributed by atoms with Crippen LogP contribution in [0.5, 0.6) is 0 Å². The molecule has 0 fully saturated rings. The minimum Gasteiger partial charge on any atom is -0.357 e. The van der Waals surface area contributed by atoms with Gasteiger partial charge in [0, 0.05) is 18.2 Å². The summed E-state index contributed by atoms with van der Waals surface area (Å²) in [5, 5.41) is -0.914. The Kier molecular flexibility index (Phi) is 3.68. The standard InChI is InChI=1S/C14H13O2P/c1-16-14(17-15,12-8-4-2-5-9-12)13-10-6-3-7-11-13/h2-11H,1H3. The van der Waals surface area contributed by atoms with E-state index in [4.69, 9.17) is 4.74 Å². The van der Waals surface area contributed by atoms with Crippen molar-refractivity contribution in [2.75, 3.05) is 7.11 Å². The molecule has 0 saturated heterocycles. The van der Waals surface area contributed by atoms with Gasteiger partial charge in [0.05, 0.1) is 0 Å². The van der Waals surface area contributed by atoms with Crippen LogP contribution in [0.15, 0.2) is 60.7 Å². The van der Waals surface area contributed by atoms with Crippen LogP contribution in [0.1, 0.15) is 11.1 Å². The molecule has 2 aromatic carbocycles. The average Bonchev–Trinajstić information content (AvgIpc) is 2.43. The van der Waals surface area contributed by atoms with Crippen LogP contribution in [0.3, 0.4) is 0 Å². The molecule has 0 saturated carbocycles. The maximum Gasteiger partial charge on any atom is 0.201 e. The first kappa shape index (κ1) is 12.0. The first-order valence-electron chi connectivity index (χ1n) is 5.34. The molecular formula is C14H13O2P. The van der Waals surface area contributed by atoms with Gasteiger partial charge in [0.1, 0.15) is 0 Å². The van der Waals surface area contributed by atoms with Crippen LogP contribution in [-0.4, -0.2) is 7.11 Å². The monoisotopic (exact) mass is 244 g/mol. The van der Waals surface area contributed by atoms with Crippen molar-refractivity contribution >= 4 is 8.46 Å². The molecule has 3 heteroatoms. The number of methoxy groups -OCH3 is 1. The predicted molar refractivity (Wildman–Crippen MR) is 68.3 cm³/mol.